The average Bonchev–Trinajstić information content (AvgIpc) is 3.54. The first-order valence-electron chi connectivity index (χ1n) is 22.1. The van der Waals surface area contributed by atoms with E-state index in [9.17, 15) is 43.5 Å². The number of nitrogens with two attached hydrogens (primary N) is 1. The van der Waals surface area contributed by atoms with Gasteiger partial charge in [-0.25, -0.2) is 9.79 Å². The zero-order valence-corrected chi connectivity index (χ0v) is 38.6. The van der Waals surface area contributed by atoms with Crippen molar-refractivity contribution in [3.8, 4) is 0 Å². The topological polar surface area (TPSA) is 281 Å². The summed E-state index contributed by atoms with van der Waals surface area (Å²) in [5, 5.41) is 19.8. The maximum absolute atomic E-state index is 14.0. The molecule has 1 fully saturated rings. The Hall–Kier alpha value is -6.19. The van der Waals surface area contributed by atoms with Crippen LogP contribution < -0.4 is 21.7 Å². The zero-order chi connectivity index (χ0) is 48.9. The Morgan fingerprint density at radius 2 is 1.66 bits per heavy atom. The first kappa shape index (κ1) is 51.8. The Balaban J connectivity index is 1.19. The number of amides is 6. The molecule has 3 heterocycles. The largest absolute Gasteiger partial charge is 0.439 e. The number of aliphatic hydroxyl groups excluding tert-OH is 1. The van der Waals surface area contributed by atoms with Crippen LogP contribution in [0, 0.1) is 11.8 Å². The van der Waals surface area contributed by atoms with E-state index < -0.39 is 90.0 Å². The summed E-state index contributed by atoms with van der Waals surface area (Å²) >= 11 is 0. The molecule has 1 aromatic rings. The lowest BCUT2D eigenvalue weighted by atomic mass is 9.83. The summed E-state index contributed by atoms with van der Waals surface area (Å²) in [6.45, 7) is 8.01. The minimum absolute atomic E-state index is 0.0180. The number of benzene rings is 1. The molecule has 7 atom stereocenters. The fourth-order valence-electron chi connectivity index (χ4n) is 8.35. The lowest BCUT2D eigenvalue weighted by Gasteiger charge is -2.30. The second-order valence-electron chi connectivity index (χ2n) is 16.8. The van der Waals surface area contributed by atoms with Crippen molar-refractivity contribution in [1.29, 1.82) is 0 Å². The van der Waals surface area contributed by atoms with Gasteiger partial charge in [-0.05, 0) is 56.7 Å². The van der Waals surface area contributed by atoms with Crippen LogP contribution in [0.15, 0.2) is 69.9 Å². The molecule has 4 aliphatic rings. The second kappa shape index (κ2) is 24.0. The number of aliphatic hydroxyl groups is 1. The van der Waals surface area contributed by atoms with E-state index in [1.807, 2.05) is 6.92 Å². The zero-order valence-electron chi connectivity index (χ0n) is 38.6. The van der Waals surface area contributed by atoms with Crippen molar-refractivity contribution in [3.63, 3.8) is 0 Å². The summed E-state index contributed by atoms with van der Waals surface area (Å²) in [5.41, 5.74) is 6.83. The molecule has 6 N–H and O–H groups in total. The van der Waals surface area contributed by atoms with Crippen LogP contribution in [-0.2, 0) is 47.7 Å². The number of aliphatic imine (C=N–C) groups is 1. The van der Waals surface area contributed by atoms with Gasteiger partial charge in [0.25, 0.3) is 17.7 Å². The quantitative estimate of drug-likeness (QED) is 0.0958. The van der Waals surface area contributed by atoms with Crippen molar-refractivity contribution in [2.75, 3.05) is 59.1 Å². The van der Waals surface area contributed by atoms with Crippen LogP contribution in [0.2, 0.25) is 0 Å². The van der Waals surface area contributed by atoms with Gasteiger partial charge in [-0.15, -0.1) is 0 Å². The molecule has 5 rings (SSSR count). The normalized spacial score (nSPS) is 25.7. The number of carbonyl (C=O) groups excluding carboxylic acids is 8. The smallest absolute Gasteiger partial charge is 0.405 e. The number of methoxy groups -OCH3 is 2. The van der Waals surface area contributed by atoms with E-state index in [-0.39, 0.29) is 105 Å². The predicted octanol–water partition coefficient (Wildman–Crippen LogP) is 2.26. The molecular formula is C47H60N6O14. The number of primary amides is 1. The van der Waals surface area contributed by atoms with Crippen molar-refractivity contribution in [2.24, 2.45) is 22.6 Å². The number of piperidine rings is 1. The van der Waals surface area contributed by atoms with Crippen LogP contribution in [0.1, 0.15) is 80.5 Å². The third-order valence-corrected chi connectivity index (χ3v) is 11.8. The number of nitrogens with one attached hydrogen (secondary N) is 3. The SMILES string of the molecule is COC1C=CC=C(C)C(=O)N=C2CC(=O)C(NCCOCCOCCNc3cccc4c3C(=O)N(C3CCC(=O)NC3=O)C4=O)=C(CC(C)CC(OC)C(O)C(C)C=C(C)C1OC(N)=O)C2=O. The van der Waals surface area contributed by atoms with Gasteiger partial charge in [0.05, 0.1) is 61.9 Å². The summed E-state index contributed by atoms with van der Waals surface area (Å²) < 4.78 is 28.1. The second-order valence-corrected chi connectivity index (χ2v) is 16.8. The van der Waals surface area contributed by atoms with Crippen LogP contribution in [0.4, 0.5) is 10.5 Å². The Bertz CT molecular complexity index is 2270. The van der Waals surface area contributed by atoms with Gasteiger partial charge in [0.15, 0.2) is 11.9 Å². The van der Waals surface area contributed by atoms with Gasteiger partial charge in [0.1, 0.15) is 17.9 Å². The monoisotopic (exact) mass is 932 g/mol. The molecule has 67 heavy (non-hydrogen) atoms. The summed E-state index contributed by atoms with van der Waals surface area (Å²) in [6, 6.07) is 3.71. The number of anilines is 1. The first-order valence-corrected chi connectivity index (χ1v) is 22.1. The lowest BCUT2D eigenvalue weighted by molar-refractivity contribution is -0.136. The number of imide groups is 2. The maximum Gasteiger partial charge on any atom is 0.405 e. The number of hydrogen-bond donors (Lipinski definition) is 5. The van der Waals surface area contributed by atoms with Crippen molar-refractivity contribution in [1.82, 2.24) is 15.5 Å². The molecule has 7 unspecified atom stereocenters. The number of nitrogens with zero attached hydrogens (tertiary/aromatic N) is 2. The molecule has 1 aliphatic carbocycles. The predicted molar refractivity (Wildman–Crippen MR) is 242 cm³/mol. The summed E-state index contributed by atoms with van der Waals surface area (Å²) in [5.74, 6) is -4.90. The summed E-state index contributed by atoms with van der Waals surface area (Å²) in [6.07, 6.45) is 1.71. The van der Waals surface area contributed by atoms with E-state index in [0.717, 1.165) is 4.90 Å². The number of hydrogen-bond acceptors (Lipinski definition) is 16. The third-order valence-electron chi connectivity index (χ3n) is 11.8. The fourth-order valence-corrected chi connectivity index (χ4v) is 8.35. The van der Waals surface area contributed by atoms with Gasteiger partial charge in [-0.2, -0.15) is 0 Å². The maximum atomic E-state index is 14.0. The number of fused-ring (bicyclic) bond motifs is 3. The Kier molecular flexibility index (Phi) is 18.6. The molecule has 0 saturated carbocycles. The Morgan fingerprint density at radius 1 is 0.955 bits per heavy atom. The molecule has 0 radical (unpaired) electrons. The van der Waals surface area contributed by atoms with E-state index in [1.165, 1.54) is 39.4 Å². The van der Waals surface area contributed by atoms with Gasteiger partial charge in [-0.1, -0.05) is 44.2 Å². The lowest BCUT2D eigenvalue weighted by Crippen LogP contribution is -2.54. The molecule has 0 spiro atoms. The molecular weight excluding hydrogens is 873 g/mol. The number of allylic oxidation sites excluding steroid dienone is 4. The van der Waals surface area contributed by atoms with Gasteiger partial charge in [0.2, 0.25) is 17.6 Å². The molecule has 20 nitrogen and oxygen atoms in total. The van der Waals surface area contributed by atoms with E-state index in [1.54, 1.807) is 38.1 Å². The first-order chi connectivity index (χ1) is 32.0. The highest BCUT2D eigenvalue weighted by atomic mass is 16.6. The molecule has 3 aliphatic heterocycles. The van der Waals surface area contributed by atoms with Crippen LogP contribution in [-0.4, -0.2) is 147 Å². The minimum atomic E-state index is -1.07. The molecule has 0 aromatic heterocycles. The molecule has 1 aromatic carbocycles. The van der Waals surface area contributed by atoms with E-state index in [0.29, 0.717) is 11.3 Å². The molecule has 6 amide bonds. The highest BCUT2D eigenvalue weighted by Crippen LogP contribution is 2.33. The van der Waals surface area contributed by atoms with Crippen LogP contribution in [0.5, 0.6) is 0 Å². The van der Waals surface area contributed by atoms with Gasteiger partial charge in [-0.3, -0.25) is 43.8 Å². The van der Waals surface area contributed by atoms with Crippen molar-refractivity contribution in [2.45, 2.75) is 90.3 Å². The number of carbonyl (C=O) groups is 8. The number of rotatable bonds is 15. The highest BCUT2D eigenvalue weighted by molar-refractivity contribution is 6.53. The van der Waals surface area contributed by atoms with Gasteiger partial charge >= 0.3 is 6.09 Å². The van der Waals surface area contributed by atoms with E-state index in [2.05, 4.69) is 20.9 Å². The summed E-state index contributed by atoms with van der Waals surface area (Å²) in [4.78, 5) is 108. The molecule has 20 heteroatoms. The fraction of sp³-hybridized carbons (Fsp3) is 0.511. The highest BCUT2D eigenvalue weighted by Gasteiger charge is 2.45. The molecule has 1 saturated heterocycles. The third kappa shape index (κ3) is 13.0. The number of ketones is 2. The minimum Gasteiger partial charge on any atom is -0.439 e. The number of ether oxygens (including phenoxy) is 5. The Labute approximate surface area is 388 Å². The number of Topliss-reactive ketones (excluding diaryl/α,β-unsaturated/α-hetero) is 2. The average molecular weight is 933 g/mol. The van der Waals surface area contributed by atoms with Crippen molar-refractivity contribution in [3.05, 3.63) is 76.0 Å². The summed E-state index contributed by atoms with van der Waals surface area (Å²) in [7, 11) is 2.87. The van der Waals surface area contributed by atoms with Gasteiger partial charge in [0, 0.05) is 56.5 Å². The standard InChI is InChI=1S/C47H60N6O14/c1-25-21-30-39(50-16-18-66-20-19-65-17-15-49-31-11-8-10-29-38(31)46(61)53(45(29)60)33-13-14-37(55)52-44(33)59)34(54)24-32(41(30)57)51-43(58)26(2)9-7-12-35(63-5)42(67-47(48)62)28(4)23-27(3)40(56)36(22-25)64-6/h7-12,23,25,27,33,35-36,40,42,49-50,56H,13-22,24H2,1-6H3,(H2,48,62)(H,52,55,59). The van der Waals surface area contributed by atoms with Crippen LogP contribution >= 0.6 is 0 Å². The van der Waals surface area contributed by atoms with Crippen molar-refractivity contribution >= 4 is 58.6 Å². The van der Waals surface area contributed by atoms with Gasteiger partial charge < -0.3 is 45.2 Å². The van der Waals surface area contributed by atoms with Crippen LogP contribution in [0.3, 0.4) is 0 Å². The van der Waals surface area contributed by atoms with E-state index in [4.69, 9.17) is 29.4 Å². The van der Waals surface area contributed by atoms with Crippen molar-refractivity contribution < 1.29 is 67.1 Å². The van der Waals surface area contributed by atoms with E-state index >= 15 is 0 Å². The molecule has 2 bridgehead atoms. The van der Waals surface area contributed by atoms with Crippen LogP contribution in [0.25, 0.3) is 0 Å². The Morgan fingerprint density at radius 3 is 2.31 bits per heavy atom. The molecule has 362 valence electrons.